The van der Waals surface area contributed by atoms with Gasteiger partial charge >= 0.3 is 0 Å². The van der Waals surface area contributed by atoms with Crippen molar-refractivity contribution in [2.45, 2.75) is 25.3 Å². The molecule has 0 bridgehead atoms. The smallest absolute Gasteiger partial charge is 0.224 e. The molecule has 21 heavy (non-hydrogen) atoms. The molecule has 1 aromatic rings. The van der Waals surface area contributed by atoms with E-state index in [1.165, 1.54) is 12.1 Å². The maximum atomic E-state index is 13.6. The molecule has 0 aliphatic carbocycles. The monoisotopic (exact) mass is 294 g/mol. The standard InChI is InChI=1S/C16H23FN2O2/c1-12(11-18-2)15(20)19-16(6-8-21-9-7-16)13-4-3-5-14(17)10-13/h3-5,10,12,18H,6-9,11H2,1-2H3,(H,19,20). The second-order valence-corrected chi connectivity index (χ2v) is 5.65. The molecule has 1 saturated heterocycles. The van der Waals surface area contributed by atoms with E-state index in [0.717, 1.165) is 5.56 Å². The summed E-state index contributed by atoms with van der Waals surface area (Å²) in [6.07, 6.45) is 1.32. The SMILES string of the molecule is CNCC(C)C(=O)NC1(c2cccc(F)c2)CCOCC1. The van der Waals surface area contributed by atoms with Gasteiger partial charge in [0.2, 0.25) is 5.91 Å². The minimum absolute atomic E-state index is 0.0180. The van der Waals surface area contributed by atoms with E-state index in [1.54, 1.807) is 6.07 Å². The molecular formula is C16H23FN2O2. The van der Waals surface area contributed by atoms with Crippen LogP contribution in [0, 0.1) is 11.7 Å². The van der Waals surface area contributed by atoms with E-state index in [1.807, 2.05) is 20.0 Å². The fraction of sp³-hybridized carbons (Fsp3) is 0.562. The van der Waals surface area contributed by atoms with Crippen molar-refractivity contribution >= 4 is 5.91 Å². The van der Waals surface area contributed by atoms with Gasteiger partial charge in [0.25, 0.3) is 0 Å². The molecule has 1 aliphatic heterocycles. The Morgan fingerprint density at radius 1 is 1.43 bits per heavy atom. The van der Waals surface area contributed by atoms with E-state index in [4.69, 9.17) is 4.74 Å². The van der Waals surface area contributed by atoms with Gasteiger partial charge in [0.05, 0.1) is 5.54 Å². The average Bonchev–Trinajstić information content (AvgIpc) is 2.48. The molecule has 1 unspecified atom stereocenters. The number of carbonyl (C=O) groups excluding carboxylic acids is 1. The van der Waals surface area contributed by atoms with E-state index in [9.17, 15) is 9.18 Å². The Bertz CT molecular complexity index is 487. The number of ether oxygens (including phenoxy) is 1. The van der Waals surface area contributed by atoms with Gasteiger partial charge in [-0.05, 0) is 37.6 Å². The Labute approximate surface area is 125 Å². The van der Waals surface area contributed by atoms with Crippen LogP contribution in [-0.4, -0.2) is 32.7 Å². The second kappa shape index (κ2) is 7.00. The first-order valence-corrected chi connectivity index (χ1v) is 7.38. The van der Waals surface area contributed by atoms with E-state index >= 15 is 0 Å². The lowest BCUT2D eigenvalue weighted by Gasteiger charge is -2.39. The van der Waals surface area contributed by atoms with Crippen LogP contribution in [0.15, 0.2) is 24.3 Å². The van der Waals surface area contributed by atoms with Crippen LogP contribution in [0.5, 0.6) is 0 Å². The zero-order chi connectivity index (χ0) is 15.3. The van der Waals surface area contributed by atoms with Crippen LogP contribution in [-0.2, 0) is 15.1 Å². The van der Waals surface area contributed by atoms with E-state index in [2.05, 4.69) is 10.6 Å². The summed E-state index contributed by atoms with van der Waals surface area (Å²) in [5.74, 6) is -0.435. The van der Waals surface area contributed by atoms with E-state index in [-0.39, 0.29) is 17.6 Å². The van der Waals surface area contributed by atoms with E-state index < -0.39 is 5.54 Å². The fourth-order valence-corrected chi connectivity index (χ4v) is 2.75. The first-order valence-electron chi connectivity index (χ1n) is 7.38. The zero-order valence-corrected chi connectivity index (χ0v) is 12.6. The Morgan fingerprint density at radius 3 is 2.76 bits per heavy atom. The van der Waals surface area contributed by atoms with Gasteiger partial charge in [-0.3, -0.25) is 4.79 Å². The molecule has 1 aliphatic rings. The molecule has 1 fully saturated rings. The molecule has 0 radical (unpaired) electrons. The third-order valence-corrected chi connectivity index (χ3v) is 4.04. The normalized spacial score (nSPS) is 19.0. The van der Waals surface area contributed by atoms with Crippen LogP contribution in [0.1, 0.15) is 25.3 Å². The predicted molar refractivity (Wildman–Crippen MR) is 79.4 cm³/mol. The van der Waals surface area contributed by atoms with Gasteiger partial charge < -0.3 is 15.4 Å². The third-order valence-electron chi connectivity index (χ3n) is 4.04. The Hall–Kier alpha value is -1.46. The molecule has 5 heteroatoms. The predicted octanol–water partition coefficient (Wildman–Crippen LogP) is 1.80. The summed E-state index contributed by atoms with van der Waals surface area (Å²) in [4.78, 5) is 12.4. The van der Waals surface area contributed by atoms with Crippen molar-refractivity contribution in [2.24, 2.45) is 5.92 Å². The van der Waals surface area contributed by atoms with Gasteiger partial charge in [0.15, 0.2) is 0 Å². The fourth-order valence-electron chi connectivity index (χ4n) is 2.75. The maximum Gasteiger partial charge on any atom is 0.224 e. The quantitative estimate of drug-likeness (QED) is 0.870. The summed E-state index contributed by atoms with van der Waals surface area (Å²) in [6.45, 7) is 3.63. The molecular weight excluding hydrogens is 271 g/mol. The highest BCUT2D eigenvalue weighted by atomic mass is 19.1. The summed E-state index contributed by atoms with van der Waals surface area (Å²) in [7, 11) is 1.82. The van der Waals surface area contributed by atoms with Crippen molar-refractivity contribution in [1.82, 2.24) is 10.6 Å². The lowest BCUT2D eigenvalue weighted by Crippen LogP contribution is -2.51. The number of rotatable bonds is 5. The topological polar surface area (TPSA) is 50.4 Å². The van der Waals surface area contributed by atoms with Gasteiger partial charge in [0.1, 0.15) is 5.82 Å². The second-order valence-electron chi connectivity index (χ2n) is 5.65. The van der Waals surface area contributed by atoms with Crippen molar-refractivity contribution in [1.29, 1.82) is 0 Å². The summed E-state index contributed by atoms with van der Waals surface area (Å²) < 4.78 is 19.0. The Balaban J connectivity index is 2.23. The summed E-state index contributed by atoms with van der Waals surface area (Å²) in [5, 5.41) is 6.14. The van der Waals surface area contributed by atoms with Crippen molar-refractivity contribution in [3.8, 4) is 0 Å². The molecule has 116 valence electrons. The highest BCUT2D eigenvalue weighted by Gasteiger charge is 2.37. The minimum Gasteiger partial charge on any atom is -0.381 e. The van der Waals surface area contributed by atoms with Crippen LogP contribution in [0.4, 0.5) is 4.39 Å². The first-order chi connectivity index (χ1) is 10.1. The van der Waals surface area contributed by atoms with Gasteiger partial charge in [-0.15, -0.1) is 0 Å². The van der Waals surface area contributed by atoms with E-state index in [0.29, 0.717) is 32.6 Å². The maximum absolute atomic E-state index is 13.6. The molecule has 1 atom stereocenters. The molecule has 1 heterocycles. The lowest BCUT2D eigenvalue weighted by molar-refractivity contribution is -0.127. The average molecular weight is 294 g/mol. The van der Waals surface area contributed by atoms with Crippen LogP contribution in [0.25, 0.3) is 0 Å². The zero-order valence-electron chi connectivity index (χ0n) is 12.6. The summed E-state index contributed by atoms with van der Waals surface area (Å²) >= 11 is 0. The van der Waals surface area contributed by atoms with Crippen LogP contribution >= 0.6 is 0 Å². The van der Waals surface area contributed by atoms with Crippen molar-refractivity contribution in [2.75, 3.05) is 26.8 Å². The Kier molecular flexibility index (Phi) is 5.31. The van der Waals surface area contributed by atoms with Gasteiger partial charge in [0, 0.05) is 25.7 Å². The summed E-state index contributed by atoms with van der Waals surface area (Å²) in [5.41, 5.74) is 0.287. The molecule has 2 rings (SSSR count). The number of amides is 1. The molecule has 0 spiro atoms. The van der Waals surface area contributed by atoms with Crippen molar-refractivity contribution in [3.05, 3.63) is 35.6 Å². The molecule has 2 N–H and O–H groups in total. The number of benzene rings is 1. The number of halogens is 1. The molecule has 0 saturated carbocycles. The van der Waals surface area contributed by atoms with Crippen molar-refractivity contribution in [3.63, 3.8) is 0 Å². The molecule has 4 nitrogen and oxygen atoms in total. The highest BCUT2D eigenvalue weighted by molar-refractivity contribution is 5.79. The molecule has 1 amide bonds. The summed E-state index contributed by atoms with van der Waals surface area (Å²) in [6, 6.07) is 6.48. The largest absolute Gasteiger partial charge is 0.381 e. The minimum atomic E-state index is -0.528. The number of hydrogen-bond acceptors (Lipinski definition) is 3. The number of hydrogen-bond donors (Lipinski definition) is 2. The van der Waals surface area contributed by atoms with Crippen LogP contribution < -0.4 is 10.6 Å². The molecule has 1 aromatic carbocycles. The lowest BCUT2D eigenvalue weighted by atomic mass is 9.82. The third kappa shape index (κ3) is 3.80. The van der Waals surface area contributed by atoms with Crippen LogP contribution in [0.3, 0.4) is 0 Å². The van der Waals surface area contributed by atoms with Gasteiger partial charge in [-0.1, -0.05) is 19.1 Å². The van der Waals surface area contributed by atoms with Crippen molar-refractivity contribution < 1.29 is 13.9 Å². The highest BCUT2D eigenvalue weighted by Crippen LogP contribution is 2.32. The first kappa shape index (κ1) is 15.9. The molecule has 0 aromatic heterocycles. The number of nitrogens with one attached hydrogen (secondary N) is 2. The van der Waals surface area contributed by atoms with Gasteiger partial charge in [-0.25, -0.2) is 4.39 Å². The van der Waals surface area contributed by atoms with Crippen LogP contribution in [0.2, 0.25) is 0 Å². The number of carbonyl (C=O) groups is 1. The Morgan fingerprint density at radius 2 is 2.14 bits per heavy atom. The van der Waals surface area contributed by atoms with Gasteiger partial charge in [-0.2, -0.15) is 0 Å².